The second kappa shape index (κ2) is 8.16. The smallest absolute Gasteiger partial charge is 0.230 e. The highest BCUT2D eigenvalue weighted by Gasteiger charge is 2.13. The summed E-state index contributed by atoms with van der Waals surface area (Å²) in [6, 6.07) is 9.81. The third-order valence-electron chi connectivity index (χ3n) is 2.92. The summed E-state index contributed by atoms with van der Waals surface area (Å²) in [5.41, 5.74) is 0. The molecule has 0 heterocycles. The number of benzene rings is 1. The summed E-state index contributed by atoms with van der Waals surface area (Å²) >= 11 is 1.50. The lowest BCUT2D eigenvalue weighted by Crippen LogP contribution is -2.36. The van der Waals surface area contributed by atoms with Gasteiger partial charge in [0.25, 0.3) is 0 Å². The molecule has 1 aromatic rings. The molecule has 0 radical (unpaired) electrons. The maximum atomic E-state index is 11.6. The van der Waals surface area contributed by atoms with Crippen LogP contribution in [0.1, 0.15) is 20.3 Å². The first-order valence-corrected chi connectivity index (χ1v) is 7.24. The molecule has 1 aromatic carbocycles. The zero-order valence-electron chi connectivity index (χ0n) is 10.9. The number of amides is 1. The molecule has 0 aromatic heterocycles. The number of hydrogen-bond donors (Lipinski definition) is 2. The van der Waals surface area contributed by atoms with Gasteiger partial charge < -0.3 is 10.4 Å². The molecule has 0 aliphatic carbocycles. The Balaban J connectivity index is 2.22. The van der Waals surface area contributed by atoms with E-state index in [4.69, 9.17) is 0 Å². The van der Waals surface area contributed by atoms with E-state index in [1.807, 2.05) is 44.2 Å². The van der Waals surface area contributed by atoms with Crippen molar-refractivity contribution in [2.75, 3.05) is 12.3 Å². The van der Waals surface area contributed by atoms with Crippen molar-refractivity contribution < 1.29 is 9.90 Å². The summed E-state index contributed by atoms with van der Waals surface area (Å²) < 4.78 is 0. The van der Waals surface area contributed by atoms with E-state index in [1.54, 1.807) is 0 Å². The van der Waals surface area contributed by atoms with Crippen LogP contribution in [0.2, 0.25) is 0 Å². The lowest BCUT2D eigenvalue weighted by atomic mass is 10.0. The number of aliphatic hydroxyl groups excluding tert-OH is 1. The van der Waals surface area contributed by atoms with Gasteiger partial charge in [0, 0.05) is 11.4 Å². The average Bonchev–Trinajstić information content (AvgIpc) is 2.42. The van der Waals surface area contributed by atoms with Crippen LogP contribution in [0, 0.1) is 5.92 Å². The van der Waals surface area contributed by atoms with Crippen molar-refractivity contribution in [1.82, 2.24) is 5.32 Å². The molecule has 2 atom stereocenters. The molecule has 2 unspecified atom stereocenters. The molecule has 4 heteroatoms. The van der Waals surface area contributed by atoms with E-state index in [-0.39, 0.29) is 11.8 Å². The van der Waals surface area contributed by atoms with Crippen molar-refractivity contribution in [1.29, 1.82) is 0 Å². The molecule has 0 bridgehead atoms. The molecule has 1 amide bonds. The zero-order valence-corrected chi connectivity index (χ0v) is 11.7. The van der Waals surface area contributed by atoms with Gasteiger partial charge in [-0.1, -0.05) is 38.5 Å². The minimum atomic E-state index is -0.458. The SMILES string of the molecule is CCC(C)C(O)CNC(=O)CSc1ccccc1. The van der Waals surface area contributed by atoms with E-state index in [0.717, 1.165) is 11.3 Å². The Kier molecular flexibility index (Phi) is 6.83. The largest absolute Gasteiger partial charge is 0.391 e. The van der Waals surface area contributed by atoms with Gasteiger partial charge in [0.1, 0.15) is 0 Å². The quantitative estimate of drug-likeness (QED) is 0.745. The fourth-order valence-electron chi connectivity index (χ4n) is 1.41. The highest BCUT2D eigenvalue weighted by molar-refractivity contribution is 8.00. The number of thioether (sulfide) groups is 1. The van der Waals surface area contributed by atoms with Crippen molar-refractivity contribution in [2.45, 2.75) is 31.3 Å². The maximum absolute atomic E-state index is 11.6. The van der Waals surface area contributed by atoms with Crippen molar-refractivity contribution in [2.24, 2.45) is 5.92 Å². The van der Waals surface area contributed by atoms with E-state index in [2.05, 4.69) is 5.32 Å². The third kappa shape index (κ3) is 5.56. The van der Waals surface area contributed by atoms with Crippen LogP contribution < -0.4 is 5.32 Å². The van der Waals surface area contributed by atoms with Crippen LogP contribution in [-0.4, -0.2) is 29.4 Å². The van der Waals surface area contributed by atoms with E-state index >= 15 is 0 Å². The molecule has 0 saturated carbocycles. The summed E-state index contributed by atoms with van der Waals surface area (Å²) in [7, 11) is 0. The number of carbonyl (C=O) groups is 1. The maximum Gasteiger partial charge on any atom is 0.230 e. The standard InChI is InChI=1S/C14H21NO2S/c1-3-11(2)13(16)9-15-14(17)10-18-12-7-5-4-6-8-12/h4-8,11,13,16H,3,9-10H2,1-2H3,(H,15,17). The summed E-state index contributed by atoms with van der Waals surface area (Å²) in [4.78, 5) is 12.7. The van der Waals surface area contributed by atoms with Gasteiger partial charge in [0.05, 0.1) is 11.9 Å². The number of rotatable bonds is 7. The minimum Gasteiger partial charge on any atom is -0.391 e. The summed E-state index contributed by atoms with van der Waals surface area (Å²) in [6.45, 7) is 4.35. The Morgan fingerprint density at radius 3 is 2.67 bits per heavy atom. The van der Waals surface area contributed by atoms with Crippen LogP contribution in [-0.2, 0) is 4.79 Å². The van der Waals surface area contributed by atoms with Crippen molar-refractivity contribution >= 4 is 17.7 Å². The molecule has 1 rings (SSSR count). The molecule has 0 spiro atoms. The molecule has 3 nitrogen and oxygen atoms in total. The molecule has 100 valence electrons. The second-order valence-corrected chi connectivity index (χ2v) is 5.41. The Bertz CT molecular complexity index is 356. The predicted molar refractivity (Wildman–Crippen MR) is 75.6 cm³/mol. The van der Waals surface area contributed by atoms with Gasteiger partial charge in [-0.2, -0.15) is 0 Å². The van der Waals surface area contributed by atoms with Crippen LogP contribution >= 0.6 is 11.8 Å². The van der Waals surface area contributed by atoms with E-state index in [9.17, 15) is 9.90 Å². The lowest BCUT2D eigenvalue weighted by molar-refractivity contribution is -0.119. The lowest BCUT2D eigenvalue weighted by Gasteiger charge is -2.17. The molecular weight excluding hydrogens is 246 g/mol. The predicted octanol–water partition coefficient (Wildman–Crippen LogP) is 2.30. The fourth-order valence-corrected chi connectivity index (χ4v) is 2.16. The molecule has 18 heavy (non-hydrogen) atoms. The Morgan fingerprint density at radius 2 is 2.06 bits per heavy atom. The second-order valence-electron chi connectivity index (χ2n) is 4.36. The van der Waals surface area contributed by atoms with Crippen molar-refractivity contribution in [3.05, 3.63) is 30.3 Å². The zero-order chi connectivity index (χ0) is 13.4. The molecule has 0 aliphatic rings. The van der Waals surface area contributed by atoms with E-state index < -0.39 is 6.10 Å². The van der Waals surface area contributed by atoms with Gasteiger partial charge in [-0.25, -0.2) is 0 Å². The molecule has 0 fully saturated rings. The minimum absolute atomic E-state index is 0.0359. The molecular formula is C14H21NO2S. The van der Waals surface area contributed by atoms with E-state index in [0.29, 0.717) is 12.3 Å². The van der Waals surface area contributed by atoms with Crippen LogP contribution in [0.3, 0.4) is 0 Å². The topological polar surface area (TPSA) is 49.3 Å². The van der Waals surface area contributed by atoms with Gasteiger partial charge in [0.15, 0.2) is 0 Å². The van der Waals surface area contributed by atoms with Gasteiger partial charge in [0.2, 0.25) is 5.91 Å². The number of hydrogen-bond acceptors (Lipinski definition) is 3. The van der Waals surface area contributed by atoms with Crippen molar-refractivity contribution in [3.8, 4) is 0 Å². The van der Waals surface area contributed by atoms with Gasteiger partial charge in [-0.05, 0) is 18.1 Å². The average molecular weight is 267 g/mol. The number of nitrogens with one attached hydrogen (secondary N) is 1. The molecule has 2 N–H and O–H groups in total. The first-order valence-electron chi connectivity index (χ1n) is 6.26. The Hall–Kier alpha value is -1.00. The normalized spacial score (nSPS) is 13.9. The van der Waals surface area contributed by atoms with Crippen LogP contribution in [0.15, 0.2) is 35.2 Å². The summed E-state index contributed by atoms with van der Waals surface area (Å²) in [5, 5.41) is 12.5. The molecule has 0 saturated heterocycles. The Labute approximate surface area is 113 Å². The summed E-state index contributed by atoms with van der Waals surface area (Å²) in [6.07, 6.45) is 0.455. The van der Waals surface area contributed by atoms with Gasteiger partial charge >= 0.3 is 0 Å². The van der Waals surface area contributed by atoms with Crippen LogP contribution in [0.4, 0.5) is 0 Å². The monoisotopic (exact) mass is 267 g/mol. The van der Waals surface area contributed by atoms with Crippen LogP contribution in [0.25, 0.3) is 0 Å². The van der Waals surface area contributed by atoms with E-state index in [1.165, 1.54) is 11.8 Å². The summed E-state index contributed by atoms with van der Waals surface area (Å²) in [5.74, 6) is 0.565. The first kappa shape index (κ1) is 15.1. The van der Waals surface area contributed by atoms with Crippen molar-refractivity contribution in [3.63, 3.8) is 0 Å². The van der Waals surface area contributed by atoms with Gasteiger partial charge in [-0.3, -0.25) is 4.79 Å². The number of carbonyl (C=O) groups excluding carboxylic acids is 1. The molecule has 0 aliphatic heterocycles. The highest BCUT2D eigenvalue weighted by Crippen LogP contribution is 2.16. The Morgan fingerprint density at radius 1 is 1.39 bits per heavy atom. The first-order chi connectivity index (χ1) is 8.63. The highest BCUT2D eigenvalue weighted by atomic mass is 32.2. The third-order valence-corrected chi connectivity index (χ3v) is 3.93. The van der Waals surface area contributed by atoms with Gasteiger partial charge in [-0.15, -0.1) is 11.8 Å². The van der Waals surface area contributed by atoms with Crippen LogP contribution in [0.5, 0.6) is 0 Å². The number of aliphatic hydroxyl groups is 1. The fraction of sp³-hybridized carbons (Fsp3) is 0.500.